The molecule has 0 amide bonds. The Morgan fingerprint density at radius 1 is 1.21 bits per heavy atom. The van der Waals surface area contributed by atoms with E-state index in [4.69, 9.17) is 9.84 Å². The number of fused-ring (bicyclic) bond motifs is 2. The third kappa shape index (κ3) is 2.19. The lowest BCUT2D eigenvalue weighted by atomic mass is 9.97. The molecule has 1 aromatic rings. The van der Waals surface area contributed by atoms with Gasteiger partial charge in [0.1, 0.15) is 11.9 Å². The molecule has 1 aliphatic carbocycles. The standard InChI is InChI=1S/C16H14O3/c17-16(18)10-9-15-13-6-2-1-5-11(13)12-7-3-4-8-14(12)19-15/h1-8,14H,9-10H2,(H,17,18). The highest BCUT2D eigenvalue weighted by molar-refractivity contribution is 5.71. The van der Waals surface area contributed by atoms with E-state index in [0.29, 0.717) is 6.42 Å². The molecule has 1 unspecified atom stereocenters. The highest BCUT2D eigenvalue weighted by atomic mass is 16.5. The molecule has 1 aromatic carbocycles. The monoisotopic (exact) mass is 254 g/mol. The molecule has 3 nitrogen and oxygen atoms in total. The van der Waals surface area contributed by atoms with Crippen molar-refractivity contribution in [3.63, 3.8) is 0 Å². The van der Waals surface area contributed by atoms with Gasteiger partial charge in [0.05, 0.1) is 6.42 Å². The summed E-state index contributed by atoms with van der Waals surface area (Å²) in [6.07, 6.45) is 8.41. The van der Waals surface area contributed by atoms with Crippen LogP contribution in [0.4, 0.5) is 0 Å². The molecule has 19 heavy (non-hydrogen) atoms. The van der Waals surface area contributed by atoms with Gasteiger partial charge in [-0.1, -0.05) is 42.5 Å². The van der Waals surface area contributed by atoms with Crippen molar-refractivity contribution < 1.29 is 14.6 Å². The Balaban J connectivity index is 2.16. The third-order valence-electron chi connectivity index (χ3n) is 3.35. The number of aliphatic carboxylic acids is 1. The Morgan fingerprint density at radius 2 is 2.00 bits per heavy atom. The first-order valence-electron chi connectivity index (χ1n) is 6.31. The molecule has 96 valence electrons. The van der Waals surface area contributed by atoms with Crippen molar-refractivity contribution in [2.24, 2.45) is 0 Å². The lowest BCUT2D eigenvalue weighted by molar-refractivity contribution is -0.137. The van der Waals surface area contributed by atoms with Crippen LogP contribution in [0.3, 0.4) is 0 Å². The highest BCUT2D eigenvalue weighted by Gasteiger charge is 2.20. The van der Waals surface area contributed by atoms with Gasteiger partial charge in [0.2, 0.25) is 0 Å². The van der Waals surface area contributed by atoms with Crippen LogP contribution in [-0.4, -0.2) is 17.2 Å². The number of hydrogen-bond donors (Lipinski definition) is 1. The highest BCUT2D eigenvalue weighted by Crippen LogP contribution is 2.22. The van der Waals surface area contributed by atoms with E-state index in [1.807, 2.05) is 36.4 Å². The summed E-state index contributed by atoms with van der Waals surface area (Å²) < 4.78 is 5.95. The van der Waals surface area contributed by atoms with Crippen molar-refractivity contribution in [3.05, 3.63) is 59.0 Å². The second-order valence-electron chi connectivity index (χ2n) is 4.60. The van der Waals surface area contributed by atoms with Crippen molar-refractivity contribution >= 4 is 17.3 Å². The molecule has 0 aromatic heterocycles. The fourth-order valence-corrected chi connectivity index (χ4v) is 2.48. The molecule has 1 aliphatic heterocycles. The summed E-state index contributed by atoms with van der Waals surface area (Å²) in [5.41, 5.74) is 1.14. The van der Waals surface area contributed by atoms with Gasteiger partial charge < -0.3 is 9.84 Å². The topological polar surface area (TPSA) is 46.5 Å². The molecule has 0 spiro atoms. The van der Waals surface area contributed by atoms with E-state index < -0.39 is 5.97 Å². The first kappa shape index (κ1) is 11.8. The van der Waals surface area contributed by atoms with Crippen molar-refractivity contribution in [2.75, 3.05) is 0 Å². The number of benzene rings is 1. The zero-order chi connectivity index (χ0) is 13.2. The molecule has 0 fully saturated rings. The molecule has 1 heterocycles. The summed E-state index contributed by atoms with van der Waals surface area (Å²) in [5, 5.41) is 11.0. The molecular formula is C16H14O3. The van der Waals surface area contributed by atoms with Crippen molar-refractivity contribution in [1.29, 1.82) is 0 Å². The van der Waals surface area contributed by atoms with Gasteiger partial charge >= 0.3 is 5.97 Å². The average molecular weight is 254 g/mol. The average Bonchev–Trinajstić information content (AvgIpc) is 2.44. The van der Waals surface area contributed by atoms with Gasteiger partial charge in [-0.05, 0) is 11.3 Å². The quantitative estimate of drug-likeness (QED) is 0.885. The van der Waals surface area contributed by atoms with Crippen LogP contribution in [0.1, 0.15) is 12.8 Å². The maximum Gasteiger partial charge on any atom is 0.303 e. The number of carboxylic acid groups (broad SMARTS) is 1. The first-order valence-corrected chi connectivity index (χ1v) is 6.31. The van der Waals surface area contributed by atoms with Crippen LogP contribution in [-0.2, 0) is 9.53 Å². The van der Waals surface area contributed by atoms with E-state index >= 15 is 0 Å². The summed E-state index contributed by atoms with van der Waals surface area (Å²) in [7, 11) is 0. The van der Waals surface area contributed by atoms with E-state index in [1.54, 1.807) is 0 Å². The summed E-state index contributed by atoms with van der Waals surface area (Å²) in [6, 6.07) is 7.99. The zero-order valence-corrected chi connectivity index (χ0v) is 10.4. The number of rotatable bonds is 3. The van der Waals surface area contributed by atoms with Crippen LogP contribution in [0.5, 0.6) is 0 Å². The Labute approximate surface area is 110 Å². The number of allylic oxidation sites excluding steroid dienone is 2. The fourth-order valence-electron chi connectivity index (χ4n) is 2.48. The summed E-state index contributed by atoms with van der Waals surface area (Å²) >= 11 is 0. The number of carboxylic acids is 1. The second kappa shape index (κ2) is 4.76. The van der Waals surface area contributed by atoms with Gasteiger partial charge in [-0.25, -0.2) is 0 Å². The Kier molecular flexibility index (Phi) is 2.95. The van der Waals surface area contributed by atoms with E-state index in [2.05, 4.69) is 12.1 Å². The maximum absolute atomic E-state index is 10.7. The number of carbonyl (C=O) groups is 1. The predicted molar refractivity (Wildman–Crippen MR) is 72.5 cm³/mol. The van der Waals surface area contributed by atoms with Crippen LogP contribution in [0, 0.1) is 0 Å². The van der Waals surface area contributed by atoms with E-state index in [9.17, 15) is 4.79 Å². The van der Waals surface area contributed by atoms with Crippen LogP contribution in [0.2, 0.25) is 0 Å². The minimum Gasteiger partial charge on any atom is -0.485 e. The second-order valence-corrected chi connectivity index (χ2v) is 4.60. The Hall–Kier alpha value is -2.29. The summed E-state index contributed by atoms with van der Waals surface area (Å²) in [6.45, 7) is 0. The van der Waals surface area contributed by atoms with Gasteiger partial charge in [0, 0.05) is 17.2 Å². The maximum atomic E-state index is 10.7. The van der Waals surface area contributed by atoms with Crippen LogP contribution >= 0.6 is 0 Å². The largest absolute Gasteiger partial charge is 0.485 e. The van der Waals surface area contributed by atoms with Gasteiger partial charge in [-0.3, -0.25) is 4.79 Å². The van der Waals surface area contributed by atoms with Crippen LogP contribution in [0.15, 0.2) is 48.6 Å². The normalized spacial score (nSPS) is 19.7. The van der Waals surface area contributed by atoms with Crippen LogP contribution < -0.4 is 10.4 Å². The van der Waals surface area contributed by atoms with Crippen molar-refractivity contribution in [2.45, 2.75) is 18.9 Å². The van der Waals surface area contributed by atoms with E-state index in [1.165, 1.54) is 0 Å². The van der Waals surface area contributed by atoms with Crippen LogP contribution in [0.25, 0.3) is 11.3 Å². The smallest absolute Gasteiger partial charge is 0.303 e. The Bertz CT molecular complexity index is 695. The lowest BCUT2D eigenvalue weighted by Gasteiger charge is -2.25. The predicted octanol–water partition coefficient (Wildman–Crippen LogP) is 1.34. The molecule has 1 N–H and O–H groups in total. The van der Waals surface area contributed by atoms with E-state index in [0.717, 1.165) is 21.8 Å². The third-order valence-corrected chi connectivity index (χ3v) is 3.35. The molecule has 0 saturated heterocycles. The van der Waals surface area contributed by atoms with Gasteiger partial charge in [0.15, 0.2) is 0 Å². The molecule has 0 radical (unpaired) electrons. The first-order chi connectivity index (χ1) is 9.25. The summed E-state index contributed by atoms with van der Waals surface area (Å²) in [4.78, 5) is 10.7. The molecule has 3 rings (SSSR count). The SMILES string of the molecule is O=C(O)CCC1=c2ccccc2=C2C=CC=CC2O1. The summed E-state index contributed by atoms with van der Waals surface area (Å²) in [5.74, 6) is -0.0332. The molecule has 3 heteroatoms. The fraction of sp³-hybridized carbons (Fsp3) is 0.188. The van der Waals surface area contributed by atoms with E-state index in [-0.39, 0.29) is 12.5 Å². The van der Waals surface area contributed by atoms with Crippen molar-refractivity contribution in [3.8, 4) is 0 Å². The molecule has 2 aliphatic rings. The van der Waals surface area contributed by atoms with Crippen molar-refractivity contribution in [1.82, 2.24) is 0 Å². The minimum atomic E-state index is -0.803. The van der Waals surface area contributed by atoms with Gasteiger partial charge in [0.25, 0.3) is 0 Å². The lowest BCUT2D eigenvalue weighted by Crippen LogP contribution is -2.38. The number of hydrogen-bond acceptors (Lipinski definition) is 2. The van der Waals surface area contributed by atoms with Gasteiger partial charge in [-0.15, -0.1) is 0 Å². The molecule has 0 saturated carbocycles. The zero-order valence-electron chi connectivity index (χ0n) is 10.4. The molecular weight excluding hydrogens is 240 g/mol. The molecule has 1 atom stereocenters. The van der Waals surface area contributed by atoms with Gasteiger partial charge in [-0.2, -0.15) is 0 Å². The molecule has 0 bridgehead atoms. The minimum absolute atomic E-state index is 0.0886. The number of ether oxygens (including phenoxy) is 1. The Morgan fingerprint density at radius 3 is 2.79 bits per heavy atom.